The number of hydrogen-bond donors (Lipinski definition) is 2. The smallest absolute Gasteiger partial charge is 0.251 e. The Balaban J connectivity index is 1.69. The average molecular weight is 357 g/mol. The van der Waals surface area contributed by atoms with Gasteiger partial charge in [0.1, 0.15) is 0 Å². The Morgan fingerprint density at radius 1 is 1.12 bits per heavy atom. The first-order chi connectivity index (χ1) is 12.2. The number of aromatic nitrogens is 1. The summed E-state index contributed by atoms with van der Waals surface area (Å²) >= 11 is 1.69. The second-order valence-corrected chi connectivity index (χ2v) is 6.57. The van der Waals surface area contributed by atoms with Crippen molar-refractivity contribution in [3.05, 3.63) is 65.5 Å². The van der Waals surface area contributed by atoms with E-state index in [2.05, 4.69) is 15.6 Å². The molecule has 0 radical (unpaired) electrons. The minimum atomic E-state index is -0.0957. The zero-order valence-corrected chi connectivity index (χ0v) is 15.1. The van der Waals surface area contributed by atoms with Gasteiger partial charge in [-0.15, -0.1) is 0 Å². The lowest BCUT2D eigenvalue weighted by Gasteiger charge is -2.07. The largest absolute Gasteiger partial charge is 0.352 e. The number of benzene rings is 1. The van der Waals surface area contributed by atoms with Crippen LogP contribution < -0.4 is 10.6 Å². The number of rotatable bonds is 9. The fourth-order valence-corrected chi connectivity index (χ4v) is 3.05. The molecule has 2 N–H and O–H groups in total. The number of amides is 2. The summed E-state index contributed by atoms with van der Waals surface area (Å²) in [5, 5.41) is 5.66. The minimum absolute atomic E-state index is 0.0110. The quantitative estimate of drug-likeness (QED) is 0.677. The van der Waals surface area contributed by atoms with E-state index in [0.29, 0.717) is 25.1 Å². The van der Waals surface area contributed by atoms with E-state index in [4.69, 9.17) is 0 Å². The number of thioether (sulfide) groups is 1. The van der Waals surface area contributed by atoms with Crippen LogP contribution in [-0.2, 0) is 17.1 Å². The maximum atomic E-state index is 11.9. The van der Waals surface area contributed by atoms with Gasteiger partial charge in [-0.05, 0) is 36.8 Å². The highest BCUT2D eigenvalue weighted by atomic mass is 32.2. The second-order valence-electron chi connectivity index (χ2n) is 5.46. The van der Waals surface area contributed by atoms with Gasteiger partial charge >= 0.3 is 0 Å². The van der Waals surface area contributed by atoms with Crippen LogP contribution in [0.3, 0.4) is 0 Å². The van der Waals surface area contributed by atoms with Gasteiger partial charge in [-0.1, -0.05) is 18.2 Å². The SMILES string of the molecule is CCNC(=O)c1cccc(CNC(=O)CCSCc2ccccn2)c1. The Labute approximate surface area is 152 Å². The van der Waals surface area contributed by atoms with Gasteiger partial charge in [-0.3, -0.25) is 14.6 Å². The van der Waals surface area contributed by atoms with Crippen molar-refractivity contribution < 1.29 is 9.59 Å². The molecule has 25 heavy (non-hydrogen) atoms. The van der Waals surface area contributed by atoms with E-state index in [1.165, 1.54) is 0 Å². The van der Waals surface area contributed by atoms with E-state index in [0.717, 1.165) is 22.8 Å². The molecule has 0 atom stereocenters. The summed E-state index contributed by atoms with van der Waals surface area (Å²) < 4.78 is 0. The van der Waals surface area contributed by atoms with E-state index in [-0.39, 0.29) is 11.8 Å². The van der Waals surface area contributed by atoms with E-state index in [9.17, 15) is 9.59 Å². The third kappa shape index (κ3) is 6.97. The number of carbonyl (C=O) groups is 2. The summed E-state index contributed by atoms with van der Waals surface area (Å²) in [4.78, 5) is 28.0. The number of nitrogens with one attached hydrogen (secondary N) is 2. The molecule has 2 rings (SSSR count). The molecule has 6 heteroatoms. The normalized spacial score (nSPS) is 10.3. The summed E-state index contributed by atoms with van der Waals surface area (Å²) in [6.45, 7) is 2.90. The van der Waals surface area contributed by atoms with Crippen LogP contribution in [0.25, 0.3) is 0 Å². The monoisotopic (exact) mass is 357 g/mol. The minimum Gasteiger partial charge on any atom is -0.352 e. The Kier molecular flexibility index (Phi) is 7.98. The van der Waals surface area contributed by atoms with Gasteiger partial charge in [-0.2, -0.15) is 11.8 Å². The highest BCUT2D eigenvalue weighted by molar-refractivity contribution is 7.98. The zero-order chi connectivity index (χ0) is 17.9. The molecule has 132 valence electrons. The van der Waals surface area contributed by atoms with Crippen LogP contribution in [0.4, 0.5) is 0 Å². The highest BCUT2D eigenvalue weighted by Crippen LogP contribution is 2.11. The molecule has 1 aromatic heterocycles. The van der Waals surface area contributed by atoms with Crippen LogP contribution in [0, 0.1) is 0 Å². The van der Waals surface area contributed by atoms with Crippen molar-refractivity contribution in [3.63, 3.8) is 0 Å². The topological polar surface area (TPSA) is 71.1 Å². The Morgan fingerprint density at radius 3 is 2.76 bits per heavy atom. The molecule has 5 nitrogen and oxygen atoms in total. The number of nitrogens with zero attached hydrogens (tertiary/aromatic N) is 1. The van der Waals surface area contributed by atoms with Crippen LogP contribution in [0.5, 0.6) is 0 Å². The molecule has 0 unspecified atom stereocenters. The average Bonchev–Trinajstić information content (AvgIpc) is 2.65. The molecule has 0 aliphatic heterocycles. The van der Waals surface area contributed by atoms with Gasteiger partial charge < -0.3 is 10.6 Å². The standard InChI is InChI=1S/C19H23N3O2S/c1-2-20-19(24)16-7-5-6-15(12-16)13-22-18(23)9-11-25-14-17-8-3-4-10-21-17/h3-8,10,12H,2,9,11,13-14H2,1H3,(H,20,24)(H,22,23). The first-order valence-electron chi connectivity index (χ1n) is 8.30. The van der Waals surface area contributed by atoms with Gasteiger partial charge in [-0.25, -0.2) is 0 Å². The van der Waals surface area contributed by atoms with Crippen LogP contribution in [0.15, 0.2) is 48.7 Å². The van der Waals surface area contributed by atoms with Gasteiger partial charge in [0.15, 0.2) is 0 Å². The van der Waals surface area contributed by atoms with Crippen molar-refractivity contribution in [2.75, 3.05) is 12.3 Å². The first kappa shape index (κ1) is 19.0. The first-order valence-corrected chi connectivity index (χ1v) is 9.46. The fourth-order valence-electron chi connectivity index (χ4n) is 2.20. The molecule has 0 saturated heterocycles. The summed E-state index contributed by atoms with van der Waals surface area (Å²) in [7, 11) is 0. The predicted molar refractivity (Wildman–Crippen MR) is 101 cm³/mol. The molecule has 2 aromatic rings. The highest BCUT2D eigenvalue weighted by Gasteiger charge is 2.06. The van der Waals surface area contributed by atoms with Crippen LogP contribution in [0.1, 0.15) is 35.0 Å². The molecule has 0 fully saturated rings. The van der Waals surface area contributed by atoms with Gasteiger partial charge in [0, 0.05) is 42.8 Å². The van der Waals surface area contributed by atoms with Crippen molar-refractivity contribution in [2.24, 2.45) is 0 Å². The lowest BCUT2D eigenvalue weighted by atomic mass is 10.1. The zero-order valence-electron chi connectivity index (χ0n) is 14.3. The second kappa shape index (κ2) is 10.5. The predicted octanol–water partition coefficient (Wildman–Crippen LogP) is 2.77. The Morgan fingerprint density at radius 2 is 2.00 bits per heavy atom. The van der Waals surface area contributed by atoms with E-state index >= 15 is 0 Å². The fraction of sp³-hybridized carbons (Fsp3) is 0.316. The summed E-state index contributed by atoms with van der Waals surface area (Å²) in [5.74, 6) is 1.47. The van der Waals surface area contributed by atoms with Crippen molar-refractivity contribution in [1.82, 2.24) is 15.6 Å². The molecule has 1 aromatic carbocycles. The Hall–Kier alpha value is -2.34. The van der Waals surface area contributed by atoms with E-state index in [1.54, 1.807) is 30.1 Å². The van der Waals surface area contributed by atoms with E-state index in [1.807, 2.05) is 37.3 Å². The molecule has 2 amide bonds. The summed E-state index contributed by atoms with van der Waals surface area (Å²) in [5.41, 5.74) is 2.55. The van der Waals surface area contributed by atoms with E-state index < -0.39 is 0 Å². The van der Waals surface area contributed by atoms with Crippen LogP contribution in [-0.4, -0.2) is 29.1 Å². The molecule has 0 aliphatic rings. The number of carbonyl (C=O) groups excluding carboxylic acids is 2. The molecule has 0 spiro atoms. The molecular weight excluding hydrogens is 334 g/mol. The van der Waals surface area contributed by atoms with Crippen molar-refractivity contribution in [3.8, 4) is 0 Å². The molecule has 0 aliphatic carbocycles. The Bertz CT molecular complexity index is 692. The van der Waals surface area contributed by atoms with Crippen molar-refractivity contribution >= 4 is 23.6 Å². The molecule has 0 bridgehead atoms. The summed E-state index contributed by atoms with van der Waals surface area (Å²) in [6.07, 6.45) is 2.24. The summed E-state index contributed by atoms with van der Waals surface area (Å²) in [6, 6.07) is 13.1. The molecular formula is C19H23N3O2S. The maximum absolute atomic E-state index is 11.9. The number of pyridine rings is 1. The molecule has 0 saturated carbocycles. The van der Waals surface area contributed by atoms with Crippen molar-refractivity contribution in [1.29, 1.82) is 0 Å². The van der Waals surface area contributed by atoms with Gasteiger partial charge in [0.05, 0.1) is 5.69 Å². The van der Waals surface area contributed by atoms with Crippen LogP contribution in [0.2, 0.25) is 0 Å². The van der Waals surface area contributed by atoms with Gasteiger partial charge in [0.25, 0.3) is 5.91 Å². The molecule has 1 heterocycles. The lowest BCUT2D eigenvalue weighted by Crippen LogP contribution is -2.24. The lowest BCUT2D eigenvalue weighted by molar-refractivity contribution is -0.120. The van der Waals surface area contributed by atoms with Crippen LogP contribution >= 0.6 is 11.8 Å². The van der Waals surface area contributed by atoms with Crippen molar-refractivity contribution in [2.45, 2.75) is 25.6 Å². The number of hydrogen-bond acceptors (Lipinski definition) is 4. The third-order valence-corrected chi connectivity index (χ3v) is 4.46. The maximum Gasteiger partial charge on any atom is 0.251 e. The van der Waals surface area contributed by atoms with Gasteiger partial charge in [0.2, 0.25) is 5.91 Å². The third-order valence-electron chi connectivity index (χ3n) is 3.47.